The Morgan fingerprint density at radius 2 is 1.68 bits per heavy atom. The Kier molecular flexibility index (Phi) is 4.05. The summed E-state index contributed by atoms with van der Waals surface area (Å²) in [5.74, 6) is -1.47. The Balaban J connectivity index is 2.26. The van der Waals surface area contributed by atoms with E-state index in [1.807, 2.05) is 0 Å². The molecule has 19 heavy (non-hydrogen) atoms. The fourth-order valence-electron chi connectivity index (χ4n) is 2.17. The van der Waals surface area contributed by atoms with Gasteiger partial charge in [0.1, 0.15) is 17.3 Å². The fraction of sp³-hybridized carbons (Fsp3) is 0.500. The Labute approximate surface area is 111 Å². The molecule has 106 valence electrons. The van der Waals surface area contributed by atoms with Gasteiger partial charge in [0.25, 0.3) is 0 Å². The van der Waals surface area contributed by atoms with Crippen LogP contribution in [0.2, 0.25) is 0 Å². The summed E-state index contributed by atoms with van der Waals surface area (Å²) in [6.07, 6.45) is 0.405. The number of nitrogens with two attached hydrogens (primary N) is 1. The predicted molar refractivity (Wildman–Crippen MR) is 70.0 cm³/mol. The Hall–Kier alpha value is -1.21. The van der Waals surface area contributed by atoms with Gasteiger partial charge in [-0.1, -0.05) is 0 Å². The van der Waals surface area contributed by atoms with Gasteiger partial charge in [0, 0.05) is 13.1 Å². The molecule has 1 aromatic carbocycles. The summed E-state index contributed by atoms with van der Waals surface area (Å²) in [5.41, 5.74) is 5.71. The van der Waals surface area contributed by atoms with Gasteiger partial charge in [0.05, 0.1) is 11.5 Å². The van der Waals surface area contributed by atoms with Crippen LogP contribution in [0, 0.1) is 11.6 Å². The lowest BCUT2D eigenvalue weighted by Crippen LogP contribution is -2.41. The highest BCUT2D eigenvalue weighted by Gasteiger charge is 2.25. The number of nitrogens with zero attached hydrogens (tertiary/aromatic N) is 1. The Morgan fingerprint density at radius 3 is 2.16 bits per heavy atom. The van der Waals surface area contributed by atoms with Crippen molar-refractivity contribution in [1.82, 2.24) is 0 Å². The third-order valence-corrected chi connectivity index (χ3v) is 4.78. The molecule has 1 aromatic rings. The van der Waals surface area contributed by atoms with Gasteiger partial charge in [-0.25, -0.2) is 17.2 Å². The molecule has 1 heterocycles. The van der Waals surface area contributed by atoms with Gasteiger partial charge >= 0.3 is 0 Å². The molecule has 7 heteroatoms. The summed E-state index contributed by atoms with van der Waals surface area (Å²) in [6, 6.07) is 2.52. The number of hydrogen-bond acceptors (Lipinski definition) is 4. The first-order valence-electron chi connectivity index (χ1n) is 6.06. The number of sulfone groups is 1. The van der Waals surface area contributed by atoms with Gasteiger partial charge in [-0.05, 0) is 30.7 Å². The molecular weight excluding hydrogens is 274 g/mol. The minimum absolute atomic E-state index is 0.0730. The van der Waals surface area contributed by atoms with Crippen LogP contribution in [-0.2, 0) is 16.3 Å². The quantitative estimate of drug-likeness (QED) is 0.890. The molecule has 0 saturated carbocycles. The van der Waals surface area contributed by atoms with Crippen molar-refractivity contribution in [3.05, 3.63) is 29.3 Å². The van der Waals surface area contributed by atoms with Crippen LogP contribution in [0.5, 0.6) is 0 Å². The number of anilines is 1. The van der Waals surface area contributed by atoms with E-state index in [1.54, 1.807) is 0 Å². The van der Waals surface area contributed by atoms with Crippen molar-refractivity contribution in [2.24, 2.45) is 5.73 Å². The van der Waals surface area contributed by atoms with Crippen LogP contribution < -0.4 is 10.6 Å². The molecular formula is C12H16F2N2O2S. The van der Waals surface area contributed by atoms with Gasteiger partial charge in [0.2, 0.25) is 0 Å². The second-order valence-electron chi connectivity index (χ2n) is 4.59. The highest BCUT2D eigenvalue weighted by Crippen LogP contribution is 2.26. The van der Waals surface area contributed by atoms with Crippen LogP contribution in [0.25, 0.3) is 0 Å². The number of benzene rings is 1. The molecule has 0 aliphatic carbocycles. The van der Waals surface area contributed by atoms with E-state index in [-0.39, 0.29) is 30.3 Å². The topological polar surface area (TPSA) is 63.4 Å². The summed E-state index contributed by atoms with van der Waals surface area (Å²) in [5, 5.41) is 0. The van der Waals surface area contributed by atoms with Crippen molar-refractivity contribution in [3.8, 4) is 0 Å². The minimum atomic E-state index is -3.07. The first-order chi connectivity index (χ1) is 8.93. The third kappa shape index (κ3) is 3.22. The molecule has 0 spiro atoms. The second kappa shape index (κ2) is 5.42. The zero-order valence-corrected chi connectivity index (χ0v) is 11.2. The molecule has 0 radical (unpaired) electrons. The van der Waals surface area contributed by atoms with Gasteiger partial charge < -0.3 is 10.6 Å². The summed E-state index contributed by atoms with van der Waals surface area (Å²) < 4.78 is 50.5. The molecule has 1 fully saturated rings. The van der Waals surface area contributed by atoms with Crippen LogP contribution in [0.4, 0.5) is 14.5 Å². The third-order valence-electron chi connectivity index (χ3n) is 3.17. The lowest BCUT2D eigenvalue weighted by Gasteiger charge is -2.29. The van der Waals surface area contributed by atoms with Crippen LogP contribution in [0.15, 0.2) is 12.1 Å². The minimum Gasteiger partial charge on any atom is -0.365 e. The van der Waals surface area contributed by atoms with Crippen LogP contribution in [0.3, 0.4) is 0 Å². The normalized spacial score (nSPS) is 18.6. The molecule has 0 amide bonds. The van der Waals surface area contributed by atoms with Gasteiger partial charge in [-0.3, -0.25) is 0 Å². The summed E-state index contributed by atoms with van der Waals surface area (Å²) in [6.45, 7) is 0.555. The van der Waals surface area contributed by atoms with E-state index >= 15 is 0 Å². The van der Waals surface area contributed by atoms with Crippen LogP contribution in [0.1, 0.15) is 5.56 Å². The van der Waals surface area contributed by atoms with Crippen LogP contribution >= 0.6 is 0 Å². The summed E-state index contributed by atoms with van der Waals surface area (Å²) >= 11 is 0. The zero-order chi connectivity index (χ0) is 14.0. The highest BCUT2D eigenvalue weighted by molar-refractivity contribution is 7.91. The average molecular weight is 290 g/mol. The van der Waals surface area contributed by atoms with Crippen molar-refractivity contribution >= 4 is 15.5 Å². The molecule has 2 rings (SSSR count). The van der Waals surface area contributed by atoms with E-state index in [9.17, 15) is 17.2 Å². The molecule has 1 saturated heterocycles. The van der Waals surface area contributed by atoms with E-state index < -0.39 is 21.5 Å². The largest absolute Gasteiger partial charge is 0.365 e. The van der Waals surface area contributed by atoms with E-state index in [0.29, 0.717) is 18.5 Å². The monoisotopic (exact) mass is 290 g/mol. The van der Waals surface area contributed by atoms with Gasteiger partial charge in [0.15, 0.2) is 9.84 Å². The van der Waals surface area contributed by atoms with Gasteiger partial charge in [-0.15, -0.1) is 0 Å². The summed E-state index contributed by atoms with van der Waals surface area (Å²) in [7, 11) is -3.07. The van der Waals surface area contributed by atoms with Crippen molar-refractivity contribution in [2.45, 2.75) is 6.42 Å². The van der Waals surface area contributed by atoms with Gasteiger partial charge in [-0.2, -0.15) is 0 Å². The molecule has 0 aromatic heterocycles. The Bertz CT molecular complexity index is 538. The van der Waals surface area contributed by atoms with E-state index in [4.69, 9.17) is 5.73 Å². The lowest BCUT2D eigenvalue weighted by atomic mass is 10.1. The first-order valence-corrected chi connectivity index (χ1v) is 7.88. The number of hydrogen-bond donors (Lipinski definition) is 1. The standard InChI is InChI=1S/C12H16F2N2O2S/c13-10-7-9(1-2-15)8-11(14)12(10)16-3-5-19(17,18)6-4-16/h7-8H,1-6,15H2. The highest BCUT2D eigenvalue weighted by atomic mass is 32.2. The molecule has 1 aliphatic heterocycles. The van der Waals surface area contributed by atoms with E-state index in [2.05, 4.69) is 0 Å². The van der Waals surface area contributed by atoms with Crippen molar-refractivity contribution in [2.75, 3.05) is 36.0 Å². The molecule has 0 bridgehead atoms. The fourth-order valence-corrected chi connectivity index (χ4v) is 3.37. The smallest absolute Gasteiger partial charge is 0.153 e. The molecule has 0 unspecified atom stereocenters. The number of halogens is 2. The number of rotatable bonds is 3. The molecule has 2 N–H and O–H groups in total. The van der Waals surface area contributed by atoms with E-state index in [1.165, 1.54) is 17.0 Å². The van der Waals surface area contributed by atoms with Crippen LogP contribution in [-0.4, -0.2) is 39.6 Å². The van der Waals surface area contributed by atoms with Crippen molar-refractivity contribution in [1.29, 1.82) is 0 Å². The van der Waals surface area contributed by atoms with Crippen molar-refractivity contribution < 1.29 is 17.2 Å². The van der Waals surface area contributed by atoms with E-state index in [0.717, 1.165) is 0 Å². The average Bonchev–Trinajstić information content (AvgIpc) is 2.31. The summed E-state index contributed by atoms with van der Waals surface area (Å²) in [4.78, 5) is 1.44. The first kappa shape index (κ1) is 14.2. The molecule has 4 nitrogen and oxygen atoms in total. The Morgan fingerprint density at radius 1 is 1.16 bits per heavy atom. The maximum absolute atomic E-state index is 13.9. The lowest BCUT2D eigenvalue weighted by molar-refractivity contribution is 0.559. The zero-order valence-electron chi connectivity index (χ0n) is 10.4. The second-order valence-corrected chi connectivity index (χ2v) is 6.89. The SMILES string of the molecule is NCCc1cc(F)c(N2CCS(=O)(=O)CC2)c(F)c1. The molecule has 1 aliphatic rings. The van der Waals surface area contributed by atoms with Crippen molar-refractivity contribution in [3.63, 3.8) is 0 Å². The maximum atomic E-state index is 13.9. The predicted octanol–water partition coefficient (Wildman–Crippen LogP) is 0.701. The molecule has 0 atom stereocenters. The maximum Gasteiger partial charge on any atom is 0.153 e.